The zero-order chi connectivity index (χ0) is 35.0. The molecule has 1 unspecified atom stereocenters. The van der Waals surface area contributed by atoms with Gasteiger partial charge in [0.05, 0.1) is 30.5 Å². The van der Waals surface area contributed by atoms with E-state index in [1.54, 1.807) is 33.8 Å². The van der Waals surface area contributed by atoms with Crippen LogP contribution < -0.4 is 15.5 Å². The number of ether oxygens (including phenoxy) is 1. The molecule has 0 bridgehead atoms. The van der Waals surface area contributed by atoms with Gasteiger partial charge >= 0.3 is 12.1 Å². The lowest BCUT2D eigenvalue weighted by molar-refractivity contribution is -0.140. The van der Waals surface area contributed by atoms with Crippen molar-refractivity contribution in [3.63, 3.8) is 0 Å². The molecule has 250 valence electrons. The highest BCUT2D eigenvalue weighted by molar-refractivity contribution is 6.06. The van der Waals surface area contributed by atoms with E-state index in [2.05, 4.69) is 27.0 Å². The molecule has 4 aromatic rings. The summed E-state index contributed by atoms with van der Waals surface area (Å²) in [4.78, 5) is 49.9. The molecule has 10 nitrogen and oxygen atoms in total. The van der Waals surface area contributed by atoms with Gasteiger partial charge in [0.25, 0.3) is 17.7 Å². The number of nitrogens with zero attached hydrogens (tertiary/aromatic N) is 3. The summed E-state index contributed by atoms with van der Waals surface area (Å²) in [6, 6.07) is 21.6. The third-order valence-electron chi connectivity index (χ3n) is 7.40. The van der Waals surface area contributed by atoms with Crippen LogP contribution in [0.15, 0.2) is 97.1 Å². The van der Waals surface area contributed by atoms with Crippen molar-refractivity contribution in [2.24, 2.45) is 0 Å². The van der Waals surface area contributed by atoms with Gasteiger partial charge in [-0.3, -0.25) is 24.1 Å². The van der Waals surface area contributed by atoms with Crippen LogP contribution >= 0.6 is 0 Å². The Labute approximate surface area is 275 Å². The molecule has 13 heteroatoms. The first-order valence-corrected chi connectivity index (χ1v) is 14.9. The summed E-state index contributed by atoms with van der Waals surface area (Å²) in [6.07, 6.45) is -4.46. The zero-order valence-electron chi connectivity index (χ0n) is 26.5. The summed E-state index contributed by atoms with van der Waals surface area (Å²) in [5.41, 5.74) is 2.09. The number of esters is 1. The smallest absolute Gasteiger partial charge is 0.416 e. The van der Waals surface area contributed by atoms with Gasteiger partial charge in [-0.15, -0.1) is 0 Å². The van der Waals surface area contributed by atoms with Crippen LogP contribution in [-0.4, -0.2) is 53.2 Å². The maximum Gasteiger partial charge on any atom is 0.416 e. The Morgan fingerprint density at radius 3 is 2.25 bits per heavy atom. The number of aryl methyl sites for hydroxylation is 1. The van der Waals surface area contributed by atoms with Crippen molar-refractivity contribution in [2.75, 3.05) is 23.9 Å². The number of rotatable bonds is 8. The molecular weight excluding hydrogens is 627 g/mol. The molecule has 0 saturated carbocycles. The molecule has 3 aromatic carbocycles. The lowest BCUT2D eigenvalue weighted by Crippen LogP contribution is -2.53. The van der Waals surface area contributed by atoms with Crippen LogP contribution in [0.1, 0.15) is 40.5 Å². The normalized spacial score (nSPS) is 13.8. The van der Waals surface area contributed by atoms with Crippen molar-refractivity contribution < 1.29 is 37.1 Å². The lowest BCUT2D eigenvalue weighted by atomic mass is 9.99. The van der Waals surface area contributed by atoms with E-state index < -0.39 is 29.7 Å². The molecule has 0 saturated heterocycles. The number of fused-ring (bicyclic) bond motifs is 1. The first kappa shape index (κ1) is 35.1. The van der Waals surface area contributed by atoms with Crippen LogP contribution in [0.5, 0.6) is 0 Å². The topological polar surface area (TPSA) is 123 Å². The highest BCUT2D eigenvalue weighted by atomic mass is 19.4. The van der Waals surface area contributed by atoms with Crippen molar-refractivity contribution in [3.8, 4) is 5.69 Å². The Morgan fingerprint density at radius 1 is 1.00 bits per heavy atom. The van der Waals surface area contributed by atoms with Crippen molar-refractivity contribution in [3.05, 3.63) is 119 Å². The summed E-state index contributed by atoms with van der Waals surface area (Å²) in [6.45, 7) is 7.52. The molecular formula is C35H34F3N5O5. The number of anilines is 2. The maximum atomic E-state index is 13.2. The second kappa shape index (κ2) is 15.2. The first-order valence-electron chi connectivity index (χ1n) is 14.9. The predicted octanol–water partition coefficient (Wildman–Crippen LogP) is 5.65. The van der Waals surface area contributed by atoms with E-state index in [9.17, 15) is 32.3 Å². The molecule has 0 spiro atoms. The number of benzene rings is 3. The van der Waals surface area contributed by atoms with Gasteiger partial charge in [0.15, 0.2) is 0 Å². The van der Waals surface area contributed by atoms with Gasteiger partial charge in [-0.1, -0.05) is 49.0 Å². The summed E-state index contributed by atoms with van der Waals surface area (Å²) in [7, 11) is 1.27. The van der Waals surface area contributed by atoms with Crippen LogP contribution in [0, 0.1) is 6.92 Å². The van der Waals surface area contributed by atoms with Gasteiger partial charge in [0.2, 0.25) is 0 Å². The molecule has 5 rings (SSSR count). The highest BCUT2D eigenvalue weighted by Gasteiger charge is 2.38. The van der Waals surface area contributed by atoms with Crippen LogP contribution in [0.4, 0.5) is 24.7 Å². The number of nitrogens with one attached hydrogen (secondary N) is 2. The number of likely N-dealkylation sites (N-methyl/N-ethyl adjacent to an activating group) is 1. The number of methoxy groups -OCH3 is 1. The van der Waals surface area contributed by atoms with Gasteiger partial charge in [-0.2, -0.15) is 18.3 Å². The minimum atomic E-state index is -4.56. The summed E-state index contributed by atoms with van der Waals surface area (Å²) >= 11 is 0. The first-order chi connectivity index (χ1) is 22.8. The summed E-state index contributed by atoms with van der Waals surface area (Å²) < 4.78 is 45.1. The number of carbonyl (C=O) groups excluding carboxylic acids is 4. The largest absolute Gasteiger partial charge is 0.469 e. The number of halogens is 3. The van der Waals surface area contributed by atoms with Crippen LogP contribution in [-0.2, 0) is 31.7 Å². The predicted molar refractivity (Wildman–Crippen MR) is 174 cm³/mol. The average Bonchev–Trinajstić information content (AvgIpc) is 3.41. The SMILES string of the molecule is C=C(CC(=O)OC)C(=O)Nc1ccccc1.CCN1C(=O)C(NC(=O)c2cccc(C(F)(F)F)c2)Cc2c(C)nn(-c3ccccc3)c21. The van der Waals surface area contributed by atoms with E-state index in [0.717, 1.165) is 23.4 Å². The van der Waals surface area contributed by atoms with Gasteiger partial charge in [-0.25, -0.2) is 4.68 Å². The minimum Gasteiger partial charge on any atom is -0.469 e. The third kappa shape index (κ3) is 8.35. The molecule has 48 heavy (non-hydrogen) atoms. The van der Waals surface area contributed by atoms with Gasteiger partial charge in [-0.05, 0) is 56.3 Å². The zero-order valence-corrected chi connectivity index (χ0v) is 26.5. The summed E-state index contributed by atoms with van der Waals surface area (Å²) in [5, 5.41) is 9.83. The molecule has 0 aliphatic carbocycles. The second-order valence-electron chi connectivity index (χ2n) is 10.7. The number of para-hydroxylation sites is 2. The monoisotopic (exact) mass is 661 g/mol. The number of amides is 3. The van der Waals surface area contributed by atoms with E-state index in [1.165, 1.54) is 19.2 Å². The fourth-order valence-electron chi connectivity index (χ4n) is 4.96. The van der Waals surface area contributed by atoms with E-state index in [0.29, 0.717) is 23.7 Å². The van der Waals surface area contributed by atoms with Gasteiger partial charge in [0, 0.05) is 35.4 Å². The Kier molecular flexibility index (Phi) is 11.2. The van der Waals surface area contributed by atoms with Crippen LogP contribution in [0.25, 0.3) is 5.69 Å². The Balaban J connectivity index is 0.000000274. The Bertz CT molecular complexity index is 1810. The molecule has 3 amide bonds. The highest BCUT2D eigenvalue weighted by Crippen LogP contribution is 2.33. The van der Waals surface area contributed by atoms with Gasteiger partial charge < -0.3 is 15.4 Å². The molecule has 1 aromatic heterocycles. The molecule has 1 aliphatic rings. The maximum absolute atomic E-state index is 13.2. The second-order valence-corrected chi connectivity index (χ2v) is 10.7. The molecule has 2 N–H and O–H groups in total. The standard InChI is InChI=1S/C23H21F3N4O2.C12H13NO3/c1-3-29-21-18(14(2)28-30(21)17-10-5-4-6-11-17)13-19(22(29)32)27-20(31)15-8-7-9-16(12-15)23(24,25)26;1-9(8-11(14)16-2)12(15)13-10-6-4-3-5-7-10/h4-12,19H,3,13H2,1-2H3,(H,27,31);3-7H,1,8H2,2H3,(H,13,15). The van der Waals surface area contributed by atoms with Crippen molar-refractivity contribution in [1.82, 2.24) is 15.1 Å². The van der Waals surface area contributed by atoms with E-state index >= 15 is 0 Å². The molecule has 2 heterocycles. The lowest BCUT2D eigenvalue weighted by Gasteiger charge is -2.32. The molecule has 0 fully saturated rings. The fraction of sp³-hybridized carbons (Fsp3) is 0.229. The van der Waals surface area contributed by atoms with Crippen molar-refractivity contribution in [1.29, 1.82) is 0 Å². The number of hydrogen-bond donors (Lipinski definition) is 2. The van der Waals surface area contributed by atoms with Crippen molar-refractivity contribution >= 4 is 35.2 Å². The number of carbonyl (C=O) groups is 4. The Morgan fingerprint density at radius 2 is 1.65 bits per heavy atom. The molecule has 1 atom stereocenters. The van der Waals surface area contributed by atoms with Crippen LogP contribution in [0.2, 0.25) is 0 Å². The fourth-order valence-corrected chi connectivity index (χ4v) is 4.96. The minimum absolute atomic E-state index is 0.102. The number of aromatic nitrogens is 2. The van der Waals surface area contributed by atoms with E-state index in [4.69, 9.17) is 0 Å². The van der Waals surface area contributed by atoms with Gasteiger partial charge in [0.1, 0.15) is 11.9 Å². The van der Waals surface area contributed by atoms with E-state index in [1.807, 2.05) is 50.2 Å². The molecule has 0 radical (unpaired) electrons. The molecule has 1 aliphatic heterocycles. The Hall–Kier alpha value is -5.72. The van der Waals surface area contributed by atoms with E-state index in [-0.39, 0.29) is 35.8 Å². The number of hydrogen-bond acceptors (Lipinski definition) is 6. The summed E-state index contributed by atoms with van der Waals surface area (Å²) in [5.74, 6) is -1.28. The average molecular weight is 662 g/mol. The van der Waals surface area contributed by atoms with Crippen molar-refractivity contribution in [2.45, 2.75) is 38.9 Å². The van der Waals surface area contributed by atoms with Crippen LogP contribution in [0.3, 0.4) is 0 Å². The quantitative estimate of drug-likeness (QED) is 0.186. The number of alkyl halides is 3. The third-order valence-corrected chi connectivity index (χ3v) is 7.40.